The molecule has 0 saturated carbocycles. The van der Waals surface area contributed by atoms with Crippen molar-refractivity contribution >= 4 is 18.2 Å². The Kier molecular flexibility index (Phi) is 5.88. The lowest BCUT2D eigenvalue weighted by Crippen LogP contribution is -2.40. The summed E-state index contributed by atoms with van der Waals surface area (Å²) in [5.41, 5.74) is 3.44. The molecule has 140 valence electrons. The molecule has 0 bridgehead atoms. The van der Waals surface area contributed by atoms with Crippen LogP contribution >= 0.6 is 12.2 Å². The van der Waals surface area contributed by atoms with E-state index in [0.29, 0.717) is 24.6 Å². The predicted molar refractivity (Wildman–Crippen MR) is 103 cm³/mol. The Labute approximate surface area is 159 Å². The highest BCUT2D eigenvalue weighted by Gasteiger charge is 2.27. The number of likely N-dealkylation sites (tertiary alicyclic amines) is 1. The minimum absolute atomic E-state index is 0.0562. The van der Waals surface area contributed by atoms with E-state index in [1.807, 2.05) is 16.2 Å². The summed E-state index contributed by atoms with van der Waals surface area (Å²) >= 11 is 5.64. The molecule has 2 aromatic rings. The molecule has 0 radical (unpaired) electrons. The van der Waals surface area contributed by atoms with Crippen molar-refractivity contribution in [3.05, 3.63) is 40.4 Å². The van der Waals surface area contributed by atoms with Crippen LogP contribution in [0.5, 0.6) is 0 Å². The van der Waals surface area contributed by atoms with Gasteiger partial charge < -0.3 is 4.74 Å². The molecule has 0 N–H and O–H groups in total. The zero-order valence-electron chi connectivity index (χ0n) is 15.6. The first-order valence-electron chi connectivity index (χ1n) is 9.10. The van der Waals surface area contributed by atoms with E-state index in [1.54, 1.807) is 6.33 Å². The summed E-state index contributed by atoms with van der Waals surface area (Å²) in [4.78, 5) is 14.2. The Hall–Kier alpha value is -1.99. The number of carbonyl (C=O) groups excluding carboxylic acids is 1. The summed E-state index contributed by atoms with van der Waals surface area (Å²) < 4.78 is 9.60. The highest BCUT2D eigenvalue weighted by Crippen LogP contribution is 2.20. The predicted octanol–water partition coefficient (Wildman–Crippen LogP) is 3.25. The zero-order valence-corrected chi connectivity index (χ0v) is 16.5. The first kappa shape index (κ1) is 18.8. The number of piperidine rings is 1. The lowest BCUT2D eigenvalue weighted by Gasteiger charge is -2.31. The van der Waals surface area contributed by atoms with Crippen LogP contribution in [0.15, 0.2) is 24.5 Å². The Morgan fingerprint density at radius 1 is 1.38 bits per heavy atom. The van der Waals surface area contributed by atoms with E-state index in [0.717, 1.165) is 25.1 Å². The number of benzene rings is 1. The Morgan fingerprint density at radius 3 is 2.92 bits per heavy atom. The largest absolute Gasteiger partial charge is 0.466 e. The van der Waals surface area contributed by atoms with Gasteiger partial charge in [-0.2, -0.15) is 5.10 Å². The van der Waals surface area contributed by atoms with Gasteiger partial charge in [0.1, 0.15) is 6.33 Å². The van der Waals surface area contributed by atoms with Crippen LogP contribution in [0.3, 0.4) is 0 Å². The van der Waals surface area contributed by atoms with Crippen LogP contribution in [0.4, 0.5) is 0 Å². The van der Waals surface area contributed by atoms with Gasteiger partial charge in [0.15, 0.2) is 0 Å². The van der Waals surface area contributed by atoms with Crippen molar-refractivity contribution in [1.29, 1.82) is 0 Å². The summed E-state index contributed by atoms with van der Waals surface area (Å²) in [7, 11) is 0. The van der Waals surface area contributed by atoms with Gasteiger partial charge in [0.2, 0.25) is 4.77 Å². The van der Waals surface area contributed by atoms with Gasteiger partial charge in [-0.15, -0.1) is 0 Å². The molecule has 26 heavy (non-hydrogen) atoms. The normalized spacial score (nSPS) is 18.0. The van der Waals surface area contributed by atoms with Gasteiger partial charge >= 0.3 is 5.97 Å². The fourth-order valence-electron chi connectivity index (χ4n) is 3.50. The second-order valence-electron chi connectivity index (χ2n) is 6.88. The number of ether oxygens (including phenoxy) is 1. The zero-order chi connectivity index (χ0) is 18.7. The number of hydrogen-bond acceptors (Lipinski definition) is 5. The van der Waals surface area contributed by atoms with Crippen molar-refractivity contribution in [2.75, 3.05) is 19.7 Å². The summed E-state index contributed by atoms with van der Waals surface area (Å²) in [5, 5.41) is 4.47. The Morgan fingerprint density at radius 2 is 2.19 bits per heavy atom. The maximum atomic E-state index is 12.0. The van der Waals surface area contributed by atoms with E-state index < -0.39 is 0 Å². The lowest BCUT2D eigenvalue weighted by molar-refractivity contribution is -0.150. The van der Waals surface area contributed by atoms with Crippen LogP contribution in [0.1, 0.15) is 30.9 Å². The number of aromatic nitrogens is 3. The fraction of sp³-hybridized carbons (Fsp3) is 0.526. The summed E-state index contributed by atoms with van der Waals surface area (Å²) in [6, 6.07) is 6.29. The number of esters is 1. The molecule has 1 atom stereocenters. The third-order valence-electron chi connectivity index (χ3n) is 4.80. The van der Waals surface area contributed by atoms with Crippen LogP contribution in [-0.4, -0.2) is 44.9 Å². The number of hydrogen-bond donors (Lipinski definition) is 0. The van der Waals surface area contributed by atoms with Crippen LogP contribution < -0.4 is 0 Å². The van der Waals surface area contributed by atoms with E-state index >= 15 is 0 Å². The number of carbonyl (C=O) groups is 1. The molecule has 2 heterocycles. The maximum absolute atomic E-state index is 12.0. The van der Waals surface area contributed by atoms with Gasteiger partial charge in [0, 0.05) is 6.54 Å². The second-order valence-corrected chi connectivity index (χ2v) is 7.25. The van der Waals surface area contributed by atoms with Crippen LogP contribution in [0, 0.1) is 24.5 Å². The van der Waals surface area contributed by atoms with Gasteiger partial charge in [-0.1, -0.05) is 17.7 Å². The van der Waals surface area contributed by atoms with Crippen LogP contribution in [-0.2, 0) is 16.2 Å². The third-order valence-corrected chi connectivity index (χ3v) is 5.21. The van der Waals surface area contributed by atoms with Crippen LogP contribution in [0.2, 0.25) is 0 Å². The molecule has 3 rings (SSSR count). The van der Waals surface area contributed by atoms with Gasteiger partial charge in [0.05, 0.1) is 24.9 Å². The molecule has 1 aliphatic heterocycles. The maximum Gasteiger partial charge on any atom is 0.310 e. The molecule has 7 heteroatoms. The summed E-state index contributed by atoms with van der Waals surface area (Å²) in [6.07, 6.45) is 3.64. The number of nitrogens with zero attached hydrogens (tertiary/aromatic N) is 4. The van der Waals surface area contributed by atoms with E-state index in [4.69, 9.17) is 17.0 Å². The molecule has 1 aromatic carbocycles. The average Bonchev–Trinajstić information content (AvgIpc) is 2.96. The minimum Gasteiger partial charge on any atom is -0.466 e. The minimum atomic E-state index is -0.0957. The van der Waals surface area contributed by atoms with Crippen molar-refractivity contribution in [2.24, 2.45) is 5.92 Å². The first-order valence-corrected chi connectivity index (χ1v) is 9.51. The monoisotopic (exact) mass is 374 g/mol. The van der Waals surface area contributed by atoms with Gasteiger partial charge in [-0.25, -0.2) is 4.68 Å². The molecule has 1 aliphatic rings. The molecule has 0 amide bonds. The molecule has 1 saturated heterocycles. The molecule has 0 aliphatic carbocycles. The van der Waals surface area contributed by atoms with Crippen LogP contribution in [0.25, 0.3) is 5.69 Å². The SMILES string of the molecule is CCOC(=O)[C@H]1CCCN(Cn2ncn(-c3ccc(C)cc3C)c2=S)C1. The highest BCUT2D eigenvalue weighted by molar-refractivity contribution is 7.71. The number of rotatable bonds is 5. The molecule has 1 fully saturated rings. The summed E-state index contributed by atoms with van der Waals surface area (Å²) in [5.74, 6) is -0.152. The highest BCUT2D eigenvalue weighted by atomic mass is 32.1. The van der Waals surface area contributed by atoms with E-state index in [1.165, 1.54) is 11.1 Å². The fourth-order valence-corrected chi connectivity index (χ4v) is 3.75. The van der Waals surface area contributed by atoms with Gasteiger partial charge in [-0.3, -0.25) is 14.3 Å². The molecule has 0 spiro atoms. The molecular formula is C19H26N4O2S. The molecular weight excluding hydrogens is 348 g/mol. The van der Waals surface area contributed by atoms with Crippen molar-refractivity contribution in [1.82, 2.24) is 19.2 Å². The van der Waals surface area contributed by atoms with Crippen molar-refractivity contribution in [3.63, 3.8) is 0 Å². The average molecular weight is 375 g/mol. The Bertz CT molecular complexity index is 842. The standard InChI is InChI=1S/C19H26N4O2S/c1-4-25-18(24)16-6-5-9-21(11-16)13-23-19(26)22(12-20-23)17-8-7-14(2)10-15(17)3/h7-8,10,12,16H,4-6,9,11,13H2,1-3H3/t16-/m0/s1. The third kappa shape index (κ3) is 4.04. The molecule has 1 aromatic heterocycles. The van der Waals surface area contributed by atoms with E-state index in [-0.39, 0.29) is 11.9 Å². The van der Waals surface area contributed by atoms with Crippen molar-refractivity contribution in [3.8, 4) is 5.69 Å². The van der Waals surface area contributed by atoms with E-state index in [9.17, 15) is 4.79 Å². The van der Waals surface area contributed by atoms with Gasteiger partial charge in [0.25, 0.3) is 0 Å². The molecule has 0 unspecified atom stereocenters. The smallest absolute Gasteiger partial charge is 0.310 e. The van der Waals surface area contributed by atoms with Crippen molar-refractivity contribution < 1.29 is 9.53 Å². The molecule has 6 nitrogen and oxygen atoms in total. The van der Waals surface area contributed by atoms with E-state index in [2.05, 4.69) is 42.0 Å². The second kappa shape index (κ2) is 8.14. The quantitative estimate of drug-likeness (QED) is 0.594. The first-order chi connectivity index (χ1) is 12.5. The number of aryl methyl sites for hydroxylation is 2. The Balaban J connectivity index is 1.74. The van der Waals surface area contributed by atoms with Gasteiger partial charge in [-0.05, 0) is 64.0 Å². The lowest BCUT2D eigenvalue weighted by atomic mass is 9.99. The topological polar surface area (TPSA) is 52.3 Å². The summed E-state index contributed by atoms with van der Waals surface area (Å²) in [6.45, 7) is 8.65. The van der Waals surface area contributed by atoms with Crippen molar-refractivity contribution in [2.45, 2.75) is 40.3 Å².